The van der Waals surface area contributed by atoms with Crippen molar-refractivity contribution < 1.29 is 22.5 Å². The molecule has 0 spiro atoms. The Morgan fingerprint density at radius 3 is 2.67 bits per heavy atom. The van der Waals surface area contributed by atoms with E-state index in [1.807, 2.05) is 30.3 Å². The van der Waals surface area contributed by atoms with Crippen LogP contribution in [0.2, 0.25) is 0 Å². The molecule has 142 valence electrons. The van der Waals surface area contributed by atoms with E-state index in [9.17, 15) is 18.0 Å². The monoisotopic (exact) mass is 379 g/mol. The highest BCUT2D eigenvalue weighted by atomic mass is 19.4. The molecule has 0 saturated carbocycles. The second kappa shape index (κ2) is 7.22. The number of benzene rings is 1. The number of halogens is 3. The van der Waals surface area contributed by atoms with Crippen molar-refractivity contribution in [3.05, 3.63) is 53.7 Å². The molecule has 1 unspecified atom stereocenters. The van der Waals surface area contributed by atoms with Crippen molar-refractivity contribution in [2.75, 3.05) is 6.54 Å². The summed E-state index contributed by atoms with van der Waals surface area (Å²) in [6, 6.07) is 9.17. The molecule has 10 heteroatoms. The van der Waals surface area contributed by atoms with E-state index in [4.69, 9.17) is 4.52 Å². The highest BCUT2D eigenvalue weighted by molar-refractivity contribution is 5.95. The van der Waals surface area contributed by atoms with Gasteiger partial charge in [0.25, 0.3) is 5.91 Å². The fourth-order valence-corrected chi connectivity index (χ4v) is 2.43. The Morgan fingerprint density at radius 1 is 1.30 bits per heavy atom. The van der Waals surface area contributed by atoms with Crippen LogP contribution < -0.4 is 5.32 Å². The second-order valence-corrected chi connectivity index (χ2v) is 6.00. The van der Waals surface area contributed by atoms with Crippen LogP contribution in [0, 0.1) is 0 Å². The van der Waals surface area contributed by atoms with Gasteiger partial charge in [0.1, 0.15) is 0 Å². The smallest absolute Gasteiger partial charge is 0.351 e. The molecule has 1 N–H and O–H groups in total. The van der Waals surface area contributed by atoms with Gasteiger partial charge in [0, 0.05) is 25.4 Å². The van der Waals surface area contributed by atoms with Gasteiger partial charge in [-0.3, -0.25) is 9.48 Å². The lowest BCUT2D eigenvalue weighted by atomic mass is 10.1. The Balaban J connectivity index is 1.67. The first kappa shape index (κ1) is 18.6. The summed E-state index contributed by atoms with van der Waals surface area (Å²) >= 11 is 0. The number of aryl methyl sites for hydroxylation is 1. The van der Waals surface area contributed by atoms with E-state index >= 15 is 0 Å². The normalized spacial score (nSPS) is 12.8. The molecule has 1 amide bonds. The minimum Gasteiger partial charge on any atom is -0.351 e. The first-order valence-electron chi connectivity index (χ1n) is 8.03. The number of aromatic nitrogens is 4. The summed E-state index contributed by atoms with van der Waals surface area (Å²) in [4.78, 5) is 16.4. The minimum absolute atomic E-state index is 0.0292. The lowest BCUT2D eigenvalue weighted by Crippen LogP contribution is -2.29. The molecular formula is C17H16F3N5O2. The van der Waals surface area contributed by atoms with Gasteiger partial charge in [-0.15, -0.1) is 0 Å². The predicted octanol–water partition coefficient (Wildman–Crippen LogP) is 3.02. The van der Waals surface area contributed by atoms with E-state index in [1.165, 1.54) is 7.05 Å². The fraction of sp³-hybridized carbons (Fsp3) is 0.294. The first-order chi connectivity index (χ1) is 12.8. The van der Waals surface area contributed by atoms with E-state index in [0.29, 0.717) is 5.82 Å². The van der Waals surface area contributed by atoms with E-state index in [1.54, 1.807) is 6.92 Å². The average Bonchev–Trinajstić information content (AvgIpc) is 3.27. The van der Waals surface area contributed by atoms with Gasteiger partial charge < -0.3 is 9.84 Å². The number of alkyl halides is 3. The molecule has 3 aromatic rings. The molecule has 1 atom stereocenters. The molecule has 2 aromatic heterocycles. The third kappa shape index (κ3) is 4.15. The van der Waals surface area contributed by atoms with Gasteiger partial charge in [-0.25, -0.2) is 0 Å². The van der Waals surface area contributed by atoms with Crippen molar-refractivity contribution in [1.82, 2.24) is 25.2 Å². The molecule has 0 aliphatic heterocycles. The highest BCUT2D eigenvalue weighted by Crippen LogP contribution is 2.30. The van der Waals surface area contributed by atoms with E-state index in [0.717, 1.165) is 16.4 Å². The summed E-state index contributed by atoms with van der Waals surface area (Å²) < 4.78 is 45.0. The summed E-state index contributed by atoms with van der Waals surface area (Å²) in [5.41, 5.74) is -0.985. The Morgan fingerprint density at radius 2 is 2.00 bits per heavy atom. The second-order valence-electron chi connectivity index (χ2n) is 6.00. The zero-order valence-electron chi connectivity index (χ0n) is 14.5. The molecule has 7 nitrogen and oxygen atoms in total. The molecule has 0 radical (unpaired) electrons. The molecular weight excluding hydrogens is 363 g/mol. The van der Waals surface area contributed by atoms with Crippen LogP contribution in [-0.2, 0) is 13.2 Å². The molecule has 3 rings (SSSR count). The van der Waals surface area contributed by atoms with E-state index in [-0.39, 0.29) is 18.4 Å². The van der Waals surface area contributed by atoms with Crippen molar-refractivity contribution in [3.8, 4) is 11.4 Å². The number of nitrogens with one attached hydrogen (secondary N) is 1. The molecule has 0 aliphatic carbocycles. The standard InChI is InChI=1S/C17H16F3N5O2/c1-10(16-22-14(24-27-16)11-6-4-3-5-7-11)8-21-15(26)12-9-25(2)23-13(12)17(18,19)20/h3-7,9-10H,8H2,1-2H3,(H,21,26). The van der Waals surface area contributed by atoms with Crippen molar-refractivity contribution in [2.24, 2.45) is 7.05 Å². The van der Waals surface area contributed by atoms with Crippen LogP contribution in [0.15, 0.2) is 41.1 Å². The van der Waals surface area contributed by atoms with Gasteiger partial charge in [0.05, 0.1) is 11.5 Å². The van der Waals surface area contributed by atoms with Crippen molar-refractivity contribution in [2.45, 2.75) is 19.0 Å². The zero-order valence-corrected chi connectivity index (χ0v) is 14.5. The Hall–Kier alpha value is -3.17. The predicted molar refractivity (Wildman–Crippen MR) is 88.7 cm³/mol. The molecule has 2 heterocycles. The van der Waals surface area contributed by atoms with E-state index < -0.39 is 23.3 Å². The molecule has 0 aliphatic rings. The third-order valence-electron chi connectivity index (χ3n) is 3.81. The zero-order chi connectivity index (χ0) is 19.6. The topological polar surface area (TPSA) is 85.8 Å². The summed E-state index contributed by atoms with van der Waals surface area (Å²) in [5.74, 6) is -0.582. The van der Waals surface area contributed by atoms with Crippen LogP contribution in [0.1, 0.15) is 34.8 Å². The lowest BCUT2D eigenvalue weighted by Gasteiger charge is -2.09. The van der Waals surface area contributed by atoms with Crippen LogP contribution in [-0.4, -0.2) is 32.4 Å². The minimum atomic E-state index is -4.71. The van der Waals surface area contributed by atoms with Crippen LogP contribution in [0.5, 0.6) is 0 Å². The molecule has 27 heavy (non-hydrogen) atoms. The van der Waals surface area contributed by atoms with Crippen molar-refractivity contribution in [1.29, 1.82) is 0 Å². The van der Waals surface area contributed by atoms with Crippen LogP contribution in [0.3, 0.4) is 0 Å². The number of carbonyl (C=O) groups excluding carboxylic acids is 1. The molecule has 0 fully saturated rings. The highest BCUT2D eigenvalue weighted by Gasteiger charge is 2.39. The quantitative estimate of drug-likeness (QED) is 0.737. The third-order valence-corrected chi connectivity index (χ3v) is 3.81. The summed E-state index contributed by atoms with van der Waals surface area (Å²) in [7, 11) is 1.32. The molecule has 1 aromatic carbocycles. The maximum atomic E-state index is 13.0. The van der Waals surface area contributed by atoms with Crippen LogP contribution in [0.25, 0.3) is 11.4 Å². The van der Waals surface area contributed by atoms with Crippen molar-refractivity contribution >= 4 is 5.91 Å². The van der Waals surface area contributed by atoms with Gasteiger partial charge >= 0.3 is 6.18 Å². The number of nitrogens with zero attached hydrogens (tertiary/aromatic N) is 4. The Bertz CT molecular complexity index is 934. The van der Waals surface area contributed by atoms with Crippen molar-refractivity contribution in [3.63, 3.8) is 0 Å². The maximum Gasteiger partial charge on any atom is 0.435 e. The lowest BCUT2D eigenvalue weighted by molar-refractivity contribution is -0.141. The number of hydrogen-bond donors (Lipinski definition) is 1. The van der Waals surface area contributed by atoms with Gasteiger partial charge in [0.15, 0.2) is 5.69 Å². The maximum absolute atomic E-state index is 13.0. The first-order valence-corrected chi connectivity index (χ1v) is 8.03. The summed E-state index contributed by atoms with van der Waals surface area (Å²) in [6.45, 7) is 1.75. The number of carbonyl (C=O) groups is 1. The summed E-state index contributed by atoms with van der Waals surface area (Å²) in [5, 5.41) is 9.65. The van der Waals surface area contributed by atoms with Gasteiger partial charge in [-0.2, -0.15) is 23.3 Å². The van der Waals surface area contributed by atoms with Crippen LogP contribution in [0.4, 0.5) is 13.2 Å². The number of amides is 1. The summed E-state index contributed by atoms with van der Waals surface area (Å²) in [6.07, 6.45) is -3.68. The van der Waals surface area contributed by atoms with Crippen LogP contribution >= 0.6 is 0 Å². The number of rotatable bonds is 5. The molecule has 0 bridgehead atoms. The molecule has 0 saturated heterocycles. The number of hydrogen-bond acceptors (Lipinski definition) is 5. The average molecular weight is 379 g/mol. The SMILES string of the molecule is CC(CNC(=O)c1cn(C)nc1C(F)(F)F)c1nc(-c2ccccc2)no1. The van der Waals surface area contributed by atoms with Gasteiger partial charge in [-0.1, -0.05) is 42.4 Å². The van der Waals surface area contributed by atoms with Gasteiger partial charge in [-0.05, 0) is 0 Å². The fourth-order valence-electron chi connectivity index (χ4n) is 2.43. The largest absolute Gasteiger partial charge is 0.435 e. The van der Waals surface area contributed by atoms with Gasteiger partial charge in [0.2, 0.25) is 11.7 Å². The Labute approximate surface area is 152 Å². The Kier molecular flexibility index (Phi) is 4.98. The van der Waals surface area contributed by atoms with E-state index in [2.05, 4.69) is 20.6 Å².